The van der Waals surface area contributed by atoms with Gasteiger partial charge < -0.3 is 20.2 Å². The van der Waals surface area contributed by atoms with Gasteiger partial charge in [0.1, 0.15) is 18.1 Å². The maximum Gasteiger partial charge on any atom is 0.321 e. The number of hydrogen-bond acceptors (Lipinski definition) is 4. The largest absolute Gasteiger partial charge is 0.462 e. The number of furan rings is 1. The van der Waals surface area contributed by atoms with E-state index in [4.69, 9.17) is 9.52 Å². The average Bonchev–Trinajstić information content (AvgIpc) is 3.14. The minimum atomic E-state index is -0.0977. The fourth-order valence-corrected chi connectivity index (χ4v) is 2.29. The van der Waals surface area contributed by atoms with Crippen molar-refractivity contribution in [2.45, 2.75) is 13.2 Å². The second-order valence-electron chi connectivity index (χ2n) is 4.81. The van der Waals surface area contributed by atoms with E-state index < -0.39 is 0 Å². The molecule has 0 radical (unpaired) electrons. The highest BCUT2D eigenvalue weighted by Gasteiger charge is 2.20. The van der Waals surface area contributed by atoms with Crippen LogP contribution < -0.4 is 15.5 Å². The number of nitrogens with zero attached hydrogens (tertiary/aromatic N) is 1. The number of aliphatic hydroxyl groups is 1. The summed E-state index contributed by atoms with van der Waals surface area (Å²) in [7, 11) is 0. The van der Waals surface area contributed by atoms with Gasteiger partial charge in [-0.05, 0) is 30.3 Å². The summed E-state index contributed by atoms with van der Waals surface area (Å²) in [5.74, 6) is 1.30. The molecule has 0 atom stereocenters. The molecule has 0 spiro atoms. The molecule has 2 aromatic rings. The Balaban J connectivity index is 1.67. The van der Waals surface area contributed by atoms with Crippen molar-refractivity contribution in [3.05, 3.63) is 47.9 Å². The molecule has 3 N–H and O–H groups in total. The second-order valence-corrected chi connectivity index (χ2v) is 4.81. The Morgan fingerprint density at radius 1 is 1.29 bits per heavy atom. The topological polar surface area (TPSA) is 77.7 Å². The maximum atomic E-state index is 11.7. The number of hydrogen-bond donors (Lipinski definition) is 3. The lowest BCUT2D eigenvalue weighted by atomic mass is 10.2. The van der Waals surface area contributed by atoms with E-state index in [1.54, 1.807) is 11.0 Å². The zero-order valence-electron chi connectivity index (χ0n) is 11.5. The van der Waals surface area contributed by atoms with Gasteiger partial charge in [-0.25, -0.2) is 4.79 Å². The molecule has 1 saturated heterocycles. The summed E-state index contributed by atoms with van der Waals surface area (Å²) in [5.41, 5.74) is 1.78. The lowest BCUT2D eigenvalue weighted by molar-refractivity contribution is 0.244. The number of carbonyl (C=O) groups is 1. The Morgan fingerprint density at radius 2 is 2.14 bits per heavy atom. The Hall–Kier alpha value is -2.47. The minimum Gasteiger partial charge on any atom is -0.462 e. The molecule has 2 heterocycles. The maximum absolute atomic E-state index is 11.7. The van der Waals surface area contributed by atoms with Crippen molar-refractivity contribution in [1.82, 2.24) is 5.32 Å². The van der Waals surface area contributed by atoms with Crippen molar-refractivity contribution in [3.63, 3.8) is 0 Å². The van der Waals surface area contributed by atoms with Gasteiger partial charge in [-0.3, -0.25) is 4.90 Å². The minimum absolute atomic E-state index is 0.0641. The first-order valence-electron chi connectivity index (χ1n) is 6.84. The number of nitrogens with one attached hydrogen (secondary N) is 2. The van der Waals surface area contributed by atoms with Crippen LogP contribution in [-0.2, 0) is 13.2 Å². The van der Waals surface area contributed by atoms with Crippen LogP contribution in [0.1, 0.15) is 11.5 Å². The van der Waals surface area contributed by atoms with Crippen LogP contribution in [0.4, 0.5) is 16.2 Å². The molecule has 3 rings (SSSR count). The van der Waals surface area contributed by atoms with Crippen molar-refractivity contribution in [2.75, 3.05) is 23.3 Å². The van der Waals surface area contributed by atoms with Crippen molar-refractivity contribution in [2.24, 2.45) is 0 Å². The van der Waals surface area contributed by atoms with Gasteiger partial charge in [0, 0.05) is 24.5 Å². The Labute approximate surface area is 122 Å². The monoisotopic (exact) mass is 287 g/mol. The first-order valence-corrected chi connectivity index (χ1v) is 6.84. The first-order chi connectivity index (χ1) is 10.3. The fourth-order valence-electron chi connectivity index (χ4n) is 2.29. The van der Waals surface area contributed by atoms with Gasteiger partial charge in [-0.2, -0.15) is 0 Å². The zero-order valence-corrected chi connectivity index (χ0v) is 11.5. The highest BCUT2D eigenvalue weighted by atomic mass is 16.4. The Kier molecular flexibility index (Phi) is 3.79. The van der Waals surface area contributed by atoms with E-state index in [0.29, 0.717) is 25.4 Å². The van der Waals surface area contributed by atoms with Crippen LogP contribution in [0, 0.1) is 0 Å². The molecule has 1 fully saturated rings. The van der Waals surface area contributed by atoms with E-state index in [-0.39, 0.29) is 12.6 Å². The summed E-state index contributed by atoms with van der Waals surface area (Å²) in [5, 5.41) is 15.0. The van der Waals surface area contributed by atoms with Gasteiger partial charge in [0.25, 0.3) is 0 Å². The molecule has 2 amide bonds. The molecule has 0 bridgehead atoms. The molecule has 1 aliphatic rings. The van der Waals surface area contributed by atoms with Crippen molar-refractivity contribution >= 4 is 17.4 Å². The van der Waals surface area contributed by atoms with Crippen molar-refractivity contribution < 1.29 is 14.3 Å². The summed E-state index contributed by atoms with van der Waals surface area (Å²) < 4.78 is 5.41. The third-order valence-electron chi connectivity index (χ3n) is 3.35. The van der Waals surface area contributed by atoms with E-state index in [0.717, 1.165) is 17.1 Å². The average molecular weight is 287 g/mol. The van der Waals surface area contributed by atoms with Crippen molar-refractivity contribution in [1.29, 1.82) is 0 Å². The van der Waals surface area contributed by atoms with Crippen LogP contribution in [0.2, 0.25) is 0 Å². The zero-order chi connectivity index (χ0) is 14.7. The molecule has 110 valence electrons. The molecule has 6 nitrogen and oxygen atoms in total. The molecule has 6 heteroatoms. The number of benzene rings is 1. The van der Waals surface area contributed by atoms with Crippen molar-refractivity contribution in [3.8, 4) is 0 Å². The molecule has 0 unspecified atom stereocenters. The number of carbonyl (C=O) groups excluding carboxylic acids is 1. The van der Waals surface area contributed by atoms with Crippen LogP contribution in [-0.4, -0.2) is 24.2 Å². The molecular formula is C15H17N3O3. The number of aliphatic hydroxyl groups excluding tert-OH is 1. The number of urea groups is 1. The Bertz CT molecular complexity index is 639. The van der Waals surface area contributed by atoms with E-state index in [1.165, 1.54) is 0 Å². The predicted molar refractivity (Wildman–Crippen MR) is 79.1 cm³/mol. The predicted octanol–water partition coefficient (Wildman–Crippen LogP) is 1.91. The summed E-state index contributed by atoms with van der Waals surface area (Å²) >= 11 is 0. The smallest absolute Gasteiger partial charge is 0.321 e. The molecule has 1 aromatic heterocycles. The van der Waals surface area contributed by atoms with Crippen LogP contribution in [0.15, 0.2) is 40.8 Å². The lowest BCUT2D eigenvalue weighted by Gasteiger charge is -2.15. The molecule has 0 aliphatic carbocycles. The SMILES string of the molecule is O=C1NCCN1c1cccc(NCc2ccc(CO)o2)c1. The third-order valence-corrected chi connectivity index (χ3v) is 3.35. The number of amides is 2. The van der Waals surface area contributed by atoms with Gasteiger partial charge in [-0.1, -0.05) is 6.07 Å². The molecule has 0 saturated carbocycles. The van der Waals surface area contributed by atoms with Gasteiger partial charge in [0.2, 0.25) is 0 Å². The summed E-state index contributed by atoms with van der Waals surface area (Å²) in [6.45, 7) is 1.78. The van der Waals surface area contributed by atoms with Crippen LogP contribution in [0.3, 0.4) is 0 Å². The van der Waals surface area contributed by atoms with Crippen LogP contribution >= 0.6 is 0 Å². The highest BCUT2D eigenvalue weighted by Crippen LogP contribution is 2.21. The van der Waals surface area contributed by atoms with E-state index in [2.05, 4.69) is 10.6 Å². The summed E-state index contributed by atoms with van der Waals surface area (Å²) in [6.07, 6.45) is 0. The van der Waals surface area contributed by atoms with E-state index in [9.17, 15) is 4.79 Å². The number of anilines is 2. The second kappa shape index (κ2) is 5.88. The normalized spacial score (nSPS) is 14.3. The summed E-state index contributed by atoms with van der Waals surface area (Å²) in [6, 6.07) is 11.2. The lowest BCUT2D eigenvalue weighted by Crippen LogP contribution is -2.27. The van der Waals surface area contributed by atoms with E-state index >= 15 is 0 Å². The standard InChI is InChI=1S/C15H17N3O3/c19-10-14-5-4-13(21-14)9-17-11-2-1-3-12(8-11)18-7-6-16-15(18)20/h1-5,8,17,19H,6-7,9-10H2,(H,16,20). The molecular weight excluding hydrogens is 270 g/mol. The first kappa shape index (κ1) is 13.5. The quantitative estimate of drug-likeness (QED) is 0.785. The van der Waals surface area contributed by atoms with Gasteiger partial charge in [0.05, 0.1) is 6.54 Å². The number of rotatable bonds is 5. The molecule has 21 heavy (non-hydrogen) atoms. The van der Waals surface area contributed by atoms with Crippen LogP contribution in [0.25, 0.3) is 0 Å². The fraction of sp³-hybridized carbons (Fsp3) is 0.267. The third kappa shape index (κ3) is 3.00. The van der Waals surface area contributed by atoms with Gasteiger partial charge >= 0.3 is 6.03 Å². The van der Waals surface area contributed by atoms with Gasteiger partial charge in [0.15, 0.2) is 0 Å². The van der Waals surface area contributed by atoms with Gasteiger partial charge in [-0.15, -0.1) is 0 Å². The molecule has 1 aromatic carbocycles. The summed E-state index contributed by atoms with van der Waals surface area (Å²) in [4.78, 5) is 13.4. The van der Waals surface area contributed by atoms with E-state index in [1.807, 2.05) is 30.3 Å². The van der Waals surface area contributed by atoms with Crippen LogP contribution in [0.5, 0.6) is 0 Å². The highest BCUT2D eigenvalue weighted by molar-refractivity contribution is 5.94. The molecule has 1 aliphatic heterocycles. The Morgan fingerprint density at radius 3 is 2.86 bits per heavy atom.